The highest BCUT2D eigenvalue weighted by Gasteiger charge is 2.42. The highest BCUT2D eigenvalue weighted by molar-refractivity contribution is 6.10. The van der Waals surface area contributed by atoms with Crippen molar-refractivity contribution in [3.8, 4) is 22.6 Å². The van der Waals surface area contributed by atoms with Crippen LogP contribution in [0, 0.1) is 0 Å². The molecule has 13 heteroatoms. The molecule has 2 aliphatic rings. The molecule has 0 bridgehead atoms. The quantitative estimate of drug-likeness (QED) is 0.430. The lowest BCUT2D eigenvalue weighted by atomic mass is 9.95. The molecule has 13 nitrogen and oxygen atoms in total. The Morgan fingerprint density at radius 2 is 1.82 bits per heavy atom. The minimum absolute atomic E-state index is 0.132. The molecule has 2 aromatic carbocycles. The number of amides is 4. The average molecular weight is 520 g/mol. The van der Waals surface area contributed by atoms with Crippen molar-refractivity contribution in [3.63, 3.8) is 0 Å². The van der Waals surface area contributed by atoms with Gasteiger partial charge in [-0.05, 0) is 42.7 Å². The second-order valence-corrected chi connectivity index (χ2v) is 8.97. The molecule has 5 N–H and O–H groups in total. The van der Waals surface area contributed by atoms with E-state index in [4.69, 9.17) is 20.9 Å². The van der Waals surface area contributed by atoms with Gasteiger partial charge in [-0.15, -0.1) is 5.10 Å². The van der Waals surface area contributed by atoms with Crippen LogP contribution >= 0.6 is 0 Å². The first kappa shape index (κ1) is 24.7. The van der Waals surface area contributed by atoms with Gasteiger partial charge in [0.15, 0.2) is 11.4 Å². The number of nitrogens with two attached hydrogens (primary N) is 2. The van der Waals surface area contributed by atoms with E-state index in [0.717, 1.165) is 11.1 Å². The van der Waals surface area contributed by atoms with E-state index >= 15 is 0 Å². The van der Waals surface area contributed by atoms with Gasteiger partial charge in [-0.1, -0.05) is 11.3 Å². The second-order valence-electron chi connectivity index (χ2n) is 8.97. The molecule has 0 aliphatic carbocycles. The number of aromatic nitrogens is 3. The highest BCUT2D eigenvalue weighted by atomic mass is 16.5. The molecule has 2 aliphatic heterocycles. The van der Waals surface area contributed by atoms with E-state index in [2.05, 4.69) is 15.6 Å². The van der Waals surface area contributed by atoms with Gasteiger partial charge in [-0.25, -0.2) is 4.68 Å². The summed E-state index contributed by atoms with van der Waals surface area (Å²) in [6, 6.07) is 9.21. The van der Waals surface area contributed by atoms with Crippen LogP contribution < -0.4 is 26.3 Å². The number of carbonyl (C=O) groups is 4. The summed E-state index contributed by atoms with van der Waals surface area (Å²) in [6.07, 6.45) is 0.477. The lowest BCUT2D eigenvalue weighted by Gasteiger charge is -2.37. The normalized spacial score (nSPS) is 18.6. The molecule has 3 heterocycles. The molecule has 2 atom stereocenters. The number of primary amides is 2. The Hall–Kier alpha value is -4.94. The molecular weight excluding hydrogens is 494 g/mol. The third kappa shape index (κ3) is 4.07. The third-order valence-corrected chi connectivity index (χ3v) is 6.87. The molecule has 2 unspecified atom stereocenters. The molecule has 196 valence electrons. The van der Waals surface area contributed by atoms with Crippen molar-refractivity contribution in [2.45, 2.75) is 24.9 Å². The van der Waals surface area contributed by atoms with Crippen molar-refractivity contribution in [2.75, 3.05) is 26.1 Å². The average Bonchev–Trinajstić information content (AvgIpc) is 3.34. The minimum Gasteiger partial charge on any atom is -0.497 e. The highest BCUT2D eigenvalue weighted by Crippen LogP contribution is 2.38. The number of anilines is 1. The zero-order valence-electron chi connectivity index (χ0n) is 20.6. The second kappa shape index (κ2) is 9.50. The third-order valence-electron chi connectivity index (χ3n) is 6.87. The van der Waals surface area contributed by atoms with Gasteiger partial charge in [0.1, 0.15) is 17.5 Å². The lowest BCUT2D eigenvalue weighted by Crippen LogP contribution is -2.50. The molecule has 1 aromatic heterocycles. The number of benzene rings is 2. The predicted molar refractivity (Wildman–Crippen MR) is 134 cm³/mol. The Balaban J connectivity index is 1.47. The smallest absolute Gasteiger partial charge is 0.271 e. The van der Waals surface area contributed by atoms with E-state index in [0.29, 0.717) is 29.2 Å². The Morgan fingerprint density at radius 3 is 2.50 bits per heavy atom. The number of nitrogens with zero attached hydrogens (tertiary/aromatic N) is 4. The van der Waals surface area contributed by atoms with Crippen LogP contribution in [0.4, 0.5) is 5.69 Å². The van der Waals surface area contributed by atoms with E-state index < -0.39 is 23.9 Å². The van der Waals surface area contributed by atoms with Crippen LogP contribution in [0.15, 0.2) is 36.4 Å². The van der Waals surface area contributed by atoms with Crippen LogP contribution in [0.25, 0.3) is 11.1 Å². The van der Waals surface area contributed by atoms with E-state index in [9.17, 15) is 19.2 Å². The Kier molecular flexibility index (Phi) is 6.18. The molecule has 0 spiro atoms. The standard InChI is InChI=1S/C25H25N7O6/c1-37-14-4-5-15(19(11-14)38-2)12-3-6-17-16(9-12)25(36)31-8-7-13(10-18(31)24(35)28-17)32-21(23(27)34)20(22(26)33)29-30-32/h3-6,9,11,13,18H,7-8,10H2,1-2H3,(H2,26,33)(H2,27,34)(H,28,35). The minimum atomic E-state index is -0.940. The monoisotopic (exact) mass is 519 g/mol. The zero-order chi connectivity index (χ0) is 27.1. The van der Waals surface area contributed by atoms with Gasteiger partial charge in [-0.3, -0.25) is 19.2 Å². The molecule has 38 heavy (non-hydrogen) atoms. The number of hydrogen-bond acceptors (Lipinski definition) is 8. The first-order chi connectivity index (χ1) is 18.2. The largest absolute Gasteiger partial charge is 0.497 e. The number of carbonyl (C=O) groups excluding carboxylic acids is 4. The van der Waals surface area contributed by atoms with Gasteiger partial charge < -0.3 is 31.2 Å². The maximum atomic E-state index is 13.7. The van der Waals surface area contributed by atoms with Gasteiger partial charge in [0.2, 0.25) is 5.91 Å². The predicted octanol–water partition coefficient (Wildman–Crippen LogP) is 0.958. The van der Waals surface area contributed by atoms with Crippen molar-refractivity contribution in [3.05, 3.63) is 53.3 Å². The fourth-order valence-corrected chi connectivity index (χ4v) is 5.01. The number of ether oxygens (including phenoxy) is 2. The first-order valence-corrected chi connectivity index (χ1v) is 11.8. The summed E-state index contributed by atoms with van der Waals surface area (Å²) in [4.78, 5) is 52.1. The van der Waals surface area contributed by atoms with Crippen LogP contribution in [-0.4, -0.2) is 70.3 Å². The number of hydrogen-bond donors (Lipinski definition) is 3. The van der Waals surface area contributed by atoms with Crippen molar-refractivity contribution < 1.29 is 28.7 Å². The summed E-state index contributed by atoms with van der Waals surface area (Å²) >= 11 is 0. The van der Waals surface area contributed by atoms with Crippen LogP contribution in [0.5, 0.6) is 11.5 Å². The SMILES string of the molecule is COc1ccc(-c2ccc3c(c2)C(=O)N2CCC(n4nnc(C(N)=O)c4C(N)=O)CC2C(=O)N3)c(OC)c1. The summed E-state index contributed by atoms with van der Waals surface area (Å²) in [5.74, 6) is -1.35. The van der Waals surface area contributed by atoms with Gasteiger partial charge in [0, 0.05) is 18.2 Å². The van der Waals surface area contributed by atoms with E-state index in [1.54, 1.807) is 44.6 Å². The van der Waals surface area contributed by atoms with Crippen molar-refractivity contribution in [2.24, 2.45) is 11.5 Å². The van der Waals surface area contributed by atoms with Gasteiger partial charge in [-0.2, -0.15) is 0 Å². The van der Waals surface area contributed by atoms with Gasteiger partial charge in [0.25, 0.3) is 17.7 Å². The summed E-state index contributed by atoms with van der Waals surface area (Å²) < 4.78 is 12.0. The zero-order valence-corrected chi connectivity index (χ0v) is 20.6. The maximum absolute atomic E-state index is 13.7. The number of fused-ring (bicyclic) bond motifs is 2. The van der Waals surface area contributed by atoms with Gasteiger partial charge in [0.05, 0.1) is 31.5 Å². The summed E-state index contributed by atoms with van der Waals surface area (Å²) in [6.45, 7) is 0.196. The van der Waals surface area contributed by atoms with Crippen molar-refractivity contribution in [1.29, 1.82) is 0 Å². The Labute approximate surface area is 216 Å². The lowest BCUT2D eigenvalue weighted by molar-refractivity contribution is -0.121. The Morgan fingerprint density at radius 1 is 1.03 bits per heavy atom. The fraction of sp³-hybridized carbons (Fsp3) is 0.280. The van der Waals surface area contributed by atoms with E-state index in [1.807, 2.05) is 6.07 Å². The van der Waals surface area contributed by atoms with E-state index in [1.165, 1.54) is 9.58 Å². The molecule has 4 amide bonds. The number of piperidine rings is 1. The first-order valence-electron chi connectivity index (χ1n) is 11.8. The molecule has 0 radical (unpaired) electrons. The maximum Gasteiger partial charge on any atom is 0.271 e. The van der Waals surface area contributed by atoms with Gasteiger partial charge >= 0.3 is 0 Å². The molecule has 0 saturated carbocycles. The van der Waals surface area contributed by atoms with Crippen LogP contribution in [0.1, 0.15) is 50.2 Å². The number of rotatable bonds is 6. The Bertz CT molecular complexity index is 1480. The molecule has 1 fully saturated rings. The van der Waals surface area contributed by atoms with Crippen molar-refractivity contribution >= 4 is 29.3 Å². The summed E-state index contributed by atoms with van der Waals surface area (Å²) in [7, 11) is 3.11. The van der Waals surface area contributed by atoms with E-state index in [-0.39, 0.29) is 36.2 Å². The molecule has 3 aromatic rings. The van der Waals surface area contributed by atoms with Crippen LogP contribution in [-0.2, 0) is 4.79 Å². The molecular formula is C25H25N7O6. The molecule has 1 saturated heterocycles. The molecule has 5 rings (SSSR count). The summed E-state index contributed by atoms with van der Waals surface area (Å²) in [5.41, 5.74) is 12.4. The van der Waals surface area contributed by atoms with Crippen molar-refractivity contribution in [1.82, 2.24) is 19.9 Å². The fourth-order valence-electron chi connectivity index (χ4n) is 5.01. The van der Waals surface area contributed by atoms with Crippen LogP contribution in [0.3, 0.4) is 0 Å². The summed E-state index contributed by atoms with van der Waals surface area (Å²) in [5, 5.41) is 10.5. The number of methoxy groups -OCH3 is 2. The topological polar surface area (TPSA) is 185 Å². The number of nitrogens with one attached hydrogen (secondary N) is 1. The van der Waals surface area contributed by atoms with Crippen LogP contribution in [0.2, 0.25) is 0 Å².